The summed E-state index contributed by atoms with van der Waals surface area (Å²) < 4.78 is 15.0. The van der Waals surface area contributed by atoms with Crippen molar-refractivity contribution in [2.24, 2.45) is 5.41 Å². The summed E-state index contributed by atoms with van der Waals surface area (Å²) in [5, 5.41) is 15.9. The molecule has 0 radical (unpaired) electrons. The van der Waals surface area contributed by atoms with Crippen molar-refractivity contribution in [3.05, 3.63) is 23.0 Å². The molecule has 2 heterocycles. The summed E-state index contributed by atoms with van der Waals surface area (Å²) in [5.41, 5.74) is 1.20. The number of aromatic nitrogens is 1. The Morgan fingerprint density at radius 1 is 1.52 bits per heavy atom. The van der Waals surface area contributed by atoms with E-state index in [1.165, 1.54) is 17.4 Å². The van der Waals surface area contributed by atoms with Crippen LogP contribution >= 0.6 is 11.3 Å². The van der Waals surface area contributed by atoms with Crippen molar-refractivity contribution in [2.45, 2.75) is 26.3 Å². The molecule has 0 spiro atoms. The second-order valence-electron chi connectivity index (χ2n) is 6.08. The molecule has 3 rings (SSSR count). The molecule has 0 aliphatic carbocycles. The van der Waals surface area contributed by atoms with Crippen LogP contribution in [0.3, 0.4) is 0 Å². The van der Waals surface area contributed by atoms with Crippen LogP contribution < -0.4 is 10.6 Å². The van der Waals surface area contributed by atoms with Gasteiger partial charge >= 0.3 is 0 Å². The fourth-order valence-corrected chi connectivity index (χ4v) is 3.50. The van der Waals surface area contributed by atoms with Crippen molar-refractivity contribution in [2.75, 3.05) is 18.4 Å². The molecule has 1 unspecified atom stereocenters. The quantitative estimate of drug-likeness (QED) is 0.895. The van der Waals surface area contributed by atoms with Crippen LogP contribution in [0.1, 0.15) is 25.3 Å². The van der Waals surface area contributed by atoms with E-state index < -0.39 is 0 Å². The number of hydrogen-bond donors (Lipinski definition) is 2. The van der Waals surface area contributed by atoms with Gasteiger partial charge in [0.05, 0.1) is 15.9 Å². The Kier molecular flexibility index (Phi) is 3.56. The topological polar surface area (TPSA) is 60.7 Å². The Hall–Kier alpha value is -1.71. The van der Waals surface area contributed by atoms with Crippen molar-refractivity contribution in [3.63, 3.8) is 0 Å². The maximum absolute atomic E-state index is 14.3. The minimum Gasteiger partial charge on any atom is -0.379 e. The fourth-order valence-electron chi connectivity index (χ4n) is 2.73. The van der Waals surface area contributed by atoms with Gasteiger partial charge in [0.2, 0.25) is 0 Å². The van der Waals surface area contributed by atoms with Gasteiger partial charge in [-0.05, 0) is 30.5 Å². The lowest BCUT2D eigenvalue weighted by Crippen LogP contribution is -2.49. The van der Waals surface area contributed by atoms with Crippen molar-refractivity contribution >= 4 is 27.2 Å². The zero-order valence-corrected chi connectivity index (χ0v) is 12.9. The second kappa shape index (κ2) is 5.24. The smallest absolute Gasteiger partial charge is 0.195 e. The molecule has 1 aromatic heterocycles. The molecule has 1 fully saturated rings. The molecule has 1 saturated heterocycles. The number of benzene rings is 1. The average molecular weight is 304 g/mol. The lowest BCUT2D eigenvalue weighted by atomic mass is 9.80. The van der Waals surface area contributed by atoms with Crippen LogP contribution in [-0.4, -0.2) is 24.1 Å². The molecule has 1 aliphatic rings. The summed E-state index contributed by atoms with van der Waals surface area (Å²) in [5.74, 6) is -0.287. The van der Waals surface area contributed by atoms with Crippen LogP contribution in [0.15, 0.2) is 12.1 Å². The first-order valence-corrected chi connectivity index (χ1v) is 7.79. The molecule has 2 N–H and O–H groups in total. The maximum atomic E-state index is 14.3. The molecular weight excluding hydrogens is 287 g/mol. The highest BCUT2D eigenvalue weighted by Crippen LogP contribution is 2.32. The summed E-state index contributed by atoms with van der Waals surface area (Å²) in [6, 6.07) is 5.39. The summed E-state index contributed by atoms with van der Waals surface area (Å²) in [4.78, 5) is 4.20. The van der Waals surface area contributed by atoms with E-state index in [4.69, 9.17) is 5.26 Å². The normalized spacial score (nSPS) is 21.1. The lowest BCUT2D eigenvalue weighted by Gasteiger charge is -2.40. The monoisotopic (exact) mass is 304 g/mol. The number of nitrogens with one attached hydrogen (secondary N) is 2. The molecule has 1 aliphatic heterocycles. The van der Waals surface area contributed by atoms with Gasteiger partial charge in [0.25, 0.3) is 0 Å². The van der Waals surface area contributed by atoms with E-state index in [1.807, 2.05) is 6.07 Å². The van der Waals surface area contributed by atoms with Gasteiger partial charge in [-0.3, -0.25) is 0 Å². The van der Waals surface area contributed by atoms with Crippen LogP contribution in [0.4, 0.5) is 10.1 Å². The highest BCUT2D eigenvalue weighted by Gasteiger charge is 2.32. The van der Waals surface area contributed by atoms with Crippen LogP contribution in [0.5, 0.6) is 0 Å². The number of nitrogens with zero attached hydrogens (tertiary/aromatic N) is 2. The van der Waals surface area contributed by atoms with Gasteiger partial charge in [0.15, 0.2) is 5.01 Å². The molecule has 0 saturated carbocycles. The molecule has 1 aromatic carbocycles. The Labute approximate surface area is 127 Å². The molecular formula is C15H17FN4S. The Bertz CT molecular complexity index is 716. The molecule has 2 aromatic rings. The molecule has 0 amide bonds. The third kappa shape index (κ3) is 2.71. The number of piperidine rings is 1. The summed E-state index contributed by atoms with van der Waals surface area (Å²) in [6.07, 6.45) is 0.949. The number of thiazole rings is 1. The molecule has 6 heteroatoms. The van der Waals surface area contributed by atoms with Crippen LogP contribution in [0.2, 0.25) is 0 Å². The lowest BCUT2D eigenvalue weighted by molar-refractivity contribution is 0.236. The van der Waals surface area contributed by atoms with E-state index >= 15 is 0 Å². The molecule has 110 valence electrons. The molecule has 0 bridgehead atoms. The van der Waals surface area contributed by atoms with Gasteiger partial charge in [-0.15, -0.1) is 11.3 Å². The van der Waals surface area contributed by atoms with Crippen molar-refractivity contribution < 1.29 is 4.39 Å². The predicted molar refractivity (Wildman–Crippen MR) is 83.0 cm³/mol. The van der Waals surface area contributed by atoms with Gasteiger partial charge in [-0.2, -0.15) is 5.26 Å². The highest BCUT2D eigenvalue weighted by atomic mass is 32.1. The maximum Gasteiger partial charge on any atom is 0.195 e. The van der Waals surface area contributed by atoms with Gasteiger partial charge in [-0.1, -0.05) is 13.8 Å². The average Bonchev–Trinajstić information content (AvgIpc) is 2.83. The first-order chi connectivity index (χ1) is 9.99. The van der Waals surface area contributed by atoms with Gasteiger partial charge < -0.3 is 10.6 Å². The predicted octanol–water partition coefficient (Wildman–Crippen LogP) is 3.11. The number of halogens is 1. The van der Waals surface area contributed by atoms with E-state index in [2.05, 4.69) is 29.5 Å². The first kappa shape index (κ1) is 14.2. The van der Waals surface area contributed by atoms with Crippen molar-refractivity contribution in [3.8, 4) is 6.07 Å². The Balaban J connectivity index is 1.93. The Morgan fingerprint density at radius 3 is 3.05 bits per heavy atom. The molecule has 4 nitrogen and oxygen atoms in total. The first-order valence-electron chi connectivity index (χ1n) is 6.97. The summed E-state index contributed by atoms with van der Waals surface area (Å²) >= 11 is 1.22. The largest absolute Gasteiger partial charge is 0.379 e. The number of rotatable bonds is 2. The van der Waals surface area contributed by atoms with Crippen LogP contribution in [0, 0.1) is 22.6 Å². The van der Waals surface area contributed by atoms with Gasteiger partial charge in [0.1, 0.15) is 11.9 Å². The SMILES string of the molecule is CC1(C)CNCCC1Nc1cc2nc(C#N)sc2cc1F. The Morgan fingerprint density at radius 2 is 2.33 bits per heavy atom. The number of hydrogen-bond acceptors (Lipinski definition) is 5. The minimum absolute atomic E-state index is 0.0551. The zero-order valence-electron chi connectivity index (χ0n) is 12.0. The van der Waals surface area contributed by atoms with Crippen molar-refractivity contribution in [1.29, 1.82) is 5.26 Å². The standard InChI is InChI=1S/C15H17FN4S/c1-15(2)8-18-4-3-13(15)19-10-6-11-12(5-9(10)16)21-14(7-17)20-11/h5-6,13,18-19H,3-4,8H2,1-2H3. The second-order valence-corrected chi connectivity index (χ2v) is 7.11. The minimum atomic E-state index is -0.287. The van der Waals surface area contributed by atoms with E-state index in [-0.39, 0.29) is 17.3 Å². The number of nitriles is 1. The van der Waals surface area contributed by atoms with Crippen molar-refractivity contribution in [1.82, 2.24) is 10.3 Å². The van der Waals surface area contributed by atoms with E-state index in [9.17, 15) is 4.39 Å². The summed E-state index contributed by atoms with van der Waals surface area (Å²) in [6.45, 7) is 6.18. The zero-order chi connectivity index (χ0) is 15.0. The van der Waals surface area contributed by atoms with E-state index in [1.54, 1.807) is 6.07 Å². The third-order valence-corrected chi connectivity index (χ3v) is 4.96. The van der Waals surface area contributed by atoms with Gasteiger partial charge in [-0.25, -0.2) is 9.37 Å². The number of anilines is 1. The van der Waals surface area contributed by atoms with E-state index in [0.29, 0.717) is 20.9 Å². The van der Waals surface area contributed by atoms with E-state index in [0.717, 1.165) is 19.5 Å². The molecule has 21 heavy (non-hydrogen) atoms. The summed E-state index contributed by atoms with van der Waals surface area (Å²) in [7, 11) is 0. The molecule has 1 atom stereocenters. The van der Waals surface area contributed by atoms with Gasteiger partial charge in [0, 0.05) is 12.6 Å². The highest BCUT2D eigenvalue weighted by molar-refractivity contribution is 7.19. The number of fused-ring (bicyclic) bond motifs is 1. The van der Waals surface area contributed by atoms with Crippen LogP contribution in [-0.2, 0) is 0 Å². The third-order valence-electron chi connectivity index (χ3n) is 4.04. The fraction of sp³-hybridized carbons (Fsp3) is 0.467. The van der Waals surface area contributed by atoms with Crippen LogP contribution in [0.25, 0.3) is 10.2 Å².